The van der Waals surface area contributed by atoms with Crippen LogP contribution in [0.15, 0.2) is 41.2 Å². The Kier molecular flexibility index (Phi) is 12.2. The molecule has 0 saturated heterocycles. The average Bonchev–Trinajstić information content (AvgIpc) is 3.29. The number of aromatic amines is 1. The van der Waals surface area contributed by atoms with Crippen LogP contribution in [0.1, 0.15) is 51.3 Å². The number of hydrogen-bond acceptors (Lipinski definition) is 9. The number of fused-ring (bicyclic) bond motifs is 1. The third-order valence-electron chi connectivity index (χ3n) is 5.98. The van der Waals surface area contributed by atoms with Crippen molar-refractivity contribution < 1.29 is 24.5 Å². The van der Waals surface area contributed by atoms with Crippen LogP contribution in [0, 0.1) is 0 Å². The minimum atomic E-state index is -0.794. The molecule has 3 rings (SSSR count). The number of nitrogens with zero attached hydrogens (tertiary/aromatic N) is 1. The standard InChI is InChI=1S/C29H41N3O6S2/c1-5-37-21-9-7-20(8-10-21)13-16-32(28(36)38-29(2,3)4)15-6-17-39-18-14-30-19-24(34)22-11-12-23(33)25-26(22)40-27(35)31-25/h7-12,24,30,33-34H,5-6,13-19H2,1-4H3,(H,31,35)/t24-/m0/s1. The topological polar surface area (TPSA) is 124 Å². The van der Waals surface area contributed by atoms with Gasteiger partial charge in [0.25, 0.3) is 0 Å². The van der Waals surface area contributed by atoms with Crippen LogP contribution in [-0.4, -0.2) is 76.1 Å². The van der Waals surface area contributed by atoms with Crippen LogP contribution in [0.2, 0.25) is 0 Å². The fourth-order valence-electron chi connectivity index (χ4n) is 4.06. The molecule has 0 aliphatic rings. The summed E-state index contributed by atoms with van der Waals surface area (Å²) < 4.78 is 11.7. The first-order valence-electron chi connectivity index (χ1n) is 13.6. The Morgan fingerprint density at radius 3 is 2.60 bits per heavy atom. The molecule has 220 valence electrons. The Bertz CT molecular complexity index is 1270. The van der Waals surface area contributed by atoms with Crippen molar-refractivity contribution in [2.24, 2.45) is 0 Å². The largest absolute Gasteiger partial charge is 0.506 e. The number of hydrogen-bond donors (Lipinski definition) is 4. The Morgan fingerprint density at radius 1 is 1.15 bits per heavy atom. The number of phenolic OH excluding ortho intramolecular Hbond substituents is 1. The molecular weight excluding hydrogens is 550 g/mol. The number of carbonyl (C=O) groups is 1. The molecule has 0 saturated carbocycles. The van der Waals surface area contributed by atoms with Gasteiger partial charge in [0, 0.05) is 37.5 Å². The fourth-order valence-corrected chi connectivity index (χ4v) is 5.80. The van der Waals surface area contributed by atoms with E-state index in [1.54, 1.807) is 22.7 Å². The lowest BCUT2D eigenvalue weighted by atomic mass is 10.1. The molecule has 2 aromatic carbocycles. The number of aliphatic hydroxyl groups is 1. The number of amides is 1. The van der Waals surface area contributed by atoms with Crippen molar-refractivity contribution in [1.82, 2.24) is 15.2 Å². The second-order valence-corrected chi connectivity index (χ2v) is 12.6. The number of rotatable bonds is 15. The second kappa shape index (κ2) is 15.3. The van der Waals surface area contributed by atoms with Gasteiger partial charge in [0.2, 0.25) is 0 Å². The number of aliphatic hydroxyl groups excluding tert-OH is 1. The van der Waals surface area contributed by atoms with Crippen molar-refractivity contribution in [2.75, 3.05) is 44.3 Å². The zero-order chi connectivity index (χ0) is 29.1. The van der Waals surface area contributed by atoms with E-state index in [9.17, 15) is 19.8 Å². The Hall–Kier alpha value is -2.73. The zero-order valence-corrected chi connectivity index (χ0v) is 25.3. The molecule has 0 radical (unpaired) electrons. The summed E-state index contributed by atoms with van der Waals surface area (Å²) >= 11 is 2.76. The third-order valence-corrected chi connectivity index (χ3v) is 7.98. The molecule has 0 fully saturated rings. The summed E-state index contributed by atoms with van der Waals surface area (Å²) in [7, 11) is 0. The van der Waals surface area contributed by atoms with Gasteiger partial charge in [-0.2, -0.15) is 11.8 Å². The number of aromatic nitrogens is 1. The molecule has 4 N–H and O–H groups in total. The monoisotopic (exact) mass is 591 g/mol. The first-order valence-corrected chi connectivity index (χ1v) is 15.6. The molecule has 0 unspecified atom stereocenters. The number of nitrogens with one attached hydrogen (secondary N) is 2. The maximum Gasteiger partial charge on any atom is 0.410 e. The highest BCUT2D eigenvalue weighted by Crippen LogP contribution is 2.31. The minimum absolute atomic E-state index is 0.00457. The van der Waals surface area contributed by atoms with Gasteiger partial charge in [0.15, 0.2) is 0 Å². The molecule has 1 heterocycles. The summed E-state index contributed by atoms with van der Waals surface area (Å²) in [5, 5.41) is 23.8. The van der Waals surface area contributed by atoms with Gasteiger partial charge in [-0.1, -0.05) is 29.5 Å². The summed E-state index contributed by atoms with van der Waals surface area (Å²) in [6.07, 6.45) is 0.485. The number of ether oxygens (including phenoxy) is 2. The number of aromatic hydroxyl groups is 1. The molecular formula is C29H41N3O6S2. The van der Waals surface area contributed by atoms with E-state index in [1.807, 2.05) is 52.0 Å². The molecule has 1 aromatic heterocycles. The lowest BCUT2D eigenvalue weighted by Gasteiger charge is -2.27. The lowest BCUT2D eigenvalue weighted by molar-refractivity contribution is 0.0252. The maximum atomic E-state index is 12.8. The van der Waals surface area contributed by atoms with Gasteiger partial charge in [-0.05, 0) is 70.1 Å². The summed E-state index contributed by atoms with van der Waals surface area (Å²) in [6, 6.07) is 11.1. The van der Waals surface area contributed by atoms with Crippen LogP contribution in [0.3, 0.4) is 0 Å². The second-order valence-electron chi connectivity index (χ2n) is 10.4. The zero-order valence-electron chi connectivity index (χ0n) is 23.7. The van der Waals surface area contributed by atoms with Crippen molar-refractivity contribution in [3.63, 3.8) is 0 Å². The van der Waals surface area contributed by atoms with Crippen LogP contribution in [0.4, 0.5) is 4.79 Å². The SMILES string of the molecule is CCOc1ccc(CCN(CCCSCCNC[C@H](O)c2ccc(O)c3[nH]c(=O)sc23)C(=O)OC(C)(C)C)cc1. The minimum Gasteiger partial charge on any atom is -0.506 e. The van der Waals surface area contributed by atoms with Crippen LogP contribution >= 0.6 is 23.1 Å². The van der Waals surface area contributed by atoms with E-state index in [2.05, 4.69) is 10.3 Å². The van der Waals surface area contributed by atoms with Crippen LogP contribution in [-0.2, 0) is 11.2 Å². The number of benzene rings is 2. The summed E-state index contributed by atoms with van der Waals surface area (Å²) in [5.74, 6) is 2.58. The van der Waals surface area contributed by atoms with Crippen LogP contribution < -0.4 is 14.9 Å². The number of thioether (sulfide) groups is 1. The molecule has 1 amide bonds. The fraction of sp³-hybridized carbons (Fsp3) is 0.517. The lowest BCUT2D eigenvalue weighted by Crippen LogP contribution is -2.38. The summed E-state index contributed by atoms with van der Waals surface area (Å²) in [6.45, 7) is 10.4. The van der Waals surface area contributed by atoms with E-state index in [0.29, 0.717) is 48.6 Å². The average molecular weight is 592 g/mol. The van der Waals surface area contributed by atoms with Gasteiger partial charge in [0.05, 0.1) is 17.4 Å². The third kappa shape index (κ3) is 10.0. The number of carbonyl (C=O) groups excluding carboxylic acids is 1. The van der Waals surface area contributed by atoms with Crippen LogP contribution in [0.5, 0.6) is 11.5 Å². The predicted molar refractivity (Wildman–Crippen MR) is 163 cm³/mol. The number of phenols is 1. The van der Waals surface area contributed by atoms with Gasteiger partial charge in [-0.3, -0.25) is 4.79 Å². The van der Waals surface area contributed by atoms with E-state index in [4.69, 9.17) is 9.47 Å². The first kappa shape index (κ1) is 31.8. The molecule has 9 nitrogen and oxygen atoms in total. The quantitative estimate of drug-likeness (QED) is 0.184. The van der Waals surface area contributed by atoms with Crippen LogP contribution in [0.25, 0.3) is 10.2 Å². The first-order chi connectivity index (χ1) is 19.1. The Balaban J connectivity index is 1.39. The van der Waals surface area contributed by atoms with E-state index in [-0.39, 0.29) is 16.7 Å². The van der Waals surface area contributed by atoms with Crippen molar-refractivity contribution in [3.8, 4) is 11.5 Å². The summed E-state index contributed by atoms with van der Waals surface area (Å²) in [5.41, 5.74) is 1.56. The molecule has 11 heteroatoms. The Labute approximate surface area is 243 Å². The van der Waals surface area contributed by atoms with Gasteiger partial charge >= 0.3 is 11.0 Å². The highest BCUT2D eigenvalue weighted by atomic mass is 32.2. The van der Waals surface area contributed by atoms with E-state index in [0.717, 1.165) is 47.0 Å². The number of thiazole rings is 1. The van der Waals surface area contributed by atoms with Gasteiger partial charge in [0.1, 0.15) is 22.6 Å². The molecule has 1 atom stereocenters. The molecule has 0 spiro atoms. The molecule has 0 aliphatic heterocycles. The molecule has 3 aromatic rings. The molecule has 40 heavy (non-hydrogen) atoms. The molecule has 0 bridgehead atoms. The van der Waals surface area contributed by atoms with E-state index in [1.165, 1.54) is 6.07 Å². The van der Waals surface area contributed by atoms with Crippen molar-refractivity contribution in [3.05, 3.63) is 57.2 Å². The maximum absolute atomic E-state index is 12.8. The van der Waals surface area contributed by atoms with E-state index < -0.39 is 11.7 Å². The van der Waals surface area contributed by atoms with Crippen molar-refractivity contribution in [1.29, 1.82) is 0 Å². The summed E-state index contributed by atoms with van der Waals surface area (Å²) in [4.78, 5) is 28.6. The predicted octanol–water partition coefficient (Wildman–Crippen LogP) is 4.92. The highest BCUT2D eigenvalue weighted by Gasteiger charge is 2.22. The van der Waals surface area contributed by atoms with Crippen molar-refractivity contribution >= 4 is 39.4 Å². The normalized spacial score (nSPS) is 12.4. The van der Waals surface area contributed by atoms with Gasteiger partial charge < -0.3 is 34.9 Å². The molecule has 0 aliphatic carbocycles. The van der Waals surface area contributed by atoms with Gasteiger partial charge in [-0.25, -0.2) is 4.79 Å². The van der Waals surface area contributed by atoms with Gasteiger partial charge in [-0.15, -0.1) is 0 Å². The van der Waals surface area contributed by atoms with Crippen molar-refractivity contribution in [2.45, 2.75) is 52.2 Å². The van der Waals surface area contributed by atoms with E-state index >= 15 is 0 Å². The Morgan fingerprint density at radius 2 is 1.90 bits per heavy atom. The smallest absolute Gasteiger partial charge is 0.410 e. The highest BCUT2D eigenvalue weighted by molar-refractivity contribution is 7.99. The number of H-pyrrole nitrogens is 1.